The van der Waals surface area contributed by atoms with Crippen molar-refractivity contribution in [2.24, 2.45) is 0 Å². The van der Waals surface area contributed by atoms with Crippen molar-refractivity contribution in [3.05, 3.63) is 16.6 Å². The van der Waals surface area contributed by atoms with Gasteiger partial charge < -0.3 is 5.32 Å². The second-order valence-electron chi connectivity index (χ2n) is 4.19. The number of rotatable bonds is 10. The highest BCUT2D eigenvalue weighted by Gasteiger charge is 1.94. The molecule has 0 aliphatic rings. The van der Waals surface area contributed by atoms with Crippen LogP contribution < -0.4 is 5.32 Å². The van der Waals surface area contributed by atoms with E-state index in [0.29, 0.717) is 0 Å². The van der Waals surface area contributed by atoms with Crippen molar-refractivity contribution < 1.29 is 0 Å². The van der Waals surface area contributed by atoms with E-state index in [1.165, 1.54) is 43.5 Å². The van der Waals surface area contributed by atoms with Gasteiger partial charge in [-0.05, 0) is 13.0 Å². The van der Waals surface area contributed by atoms with Gasteiger partial charge in [-0.3, -0.25) is 0 Å². The van der Waals surface area contributed by atoms with Crippen LogP contribution in [-0.2, 0) is 6.42 Å². The first kappa shape index (κ1) is 13.7. The van der Waals surface area contributed by atoms with Crippen LogP contribution in [0.2, 0.25) is 0 Å². The molecule has 1 N–H and O–H groups in total. The van der Waals surface area contributed by atoms with E-state index in [1.807, 2.05) is 11.6 Å². The van der Waals surface area contributed by atoms with E-state index >= 15 is 0 Å². The van der Waals surface area contributed by atoms with Gasteiger partial charge in [0, 0.05) is 24.5 Å². The molecule has 3 heteroatoms. The zero-order chi connectivity index (χ0) is 11.5. The van der Waals surface area contributed by atoms with Gasteiger partial charge in [0.15, 0.2) is 0 Å². The number of nitrogens with zero attached hydrogens (tertiary/aromatic N) is 1. The zero-order valence-corrected chi connectivity index (χ0v) is 11.2. The minimum Gasteiger partial charge on any atom is -0.316 e. The van der Waals surface area contributed by atoms with Crippen molar-refractivity contribution in [2.45, 2.75) is 51.9 Å². The minimum absolute atomic E-state index is 1.07. The van der Waals surface area contributed by atoms with Gasteiger partial charge in [0.2, 0.25) is 0 Å². The molecular weight excluding hydrogens is 216 g/mol. The molecule has 0 spiro atoms. The van der Waals surface area contributed by atoms with Gasteiger partial charge in [0.25, 0.3) is 0 Å². The second-order valence-corrected chi connectivity index (χ2v) is 5.17. The Labute approximate surface area is 103 Å². The van der Waals surface area contributed by atoms with Crippen LogP contribution >= 0.6 is 11.3 Å². The number of aromatic nitrogens is 1. The molecule has 1 rings (SSSR count). The van der Waals surface area contributed by atoms with E-state index < -0.39 is 0 Å². The molecule has 0 amide bonds. The molecule has 1 aromatic heterocycles. The molecule has 1 aromatic rings. The molecule has 92 valence electrons. The van der Waals surface area contributed by atoms with Crippen molar-refractivity contribution in [3.8, 4) is 0 Å². The fraction of sp³-hybridized carbons (Fsp3) is 0.769. The van der Waals surface area contributed by atoms with Crippen LogP contribution in [0.1, 0.15) is 50.5 Å². The highest BCUT2D eigenvalue weighted by atomic mass is 32.1. The third kappa shape index (κ3) is 6.96. The lowest BCUT2D eigenvalue weighted by molar-refractivity contribution is 0.572. The Hall–Kier alpha value is -0.410. The fourth-order valence-electron chi connectivity index (χ4n) is 1.73. The molecule has 0 aromatic carbocycles. The molecule has 0 fully saturated rings. The van der Waals surface area contributed by atoms with Crippen molar-refractivity contribution in [1.29, 1.82) is 0 Å². The fourth-order valence-corrected chi connectivity index (χ4v) is 2.35. The molecule has 0 atom stereocenters. The number of hydrogen-bond acceptors (Lipinski definition) is 3. The summed E-state index contributed by atoms with van der Waals surface area (Å²) in [5, 5.41) is 6.77. The van der Waals surface area contributed by atoms with Crippen LogP contribution in [0, 0.1) is 0 Å². The average Bonchev–Trinajstić information content (AvgIpc) is 2.80. The first-order valence-electron chi connectivity index (χ1n) is 6.52. The van der Waals surface area contributed by atoms with Crippen LogP contribution in [0.15, 0.2) is 11.6 Å². The molecular formula is C13H24N2S. The number of thiazole rings is 1. The summed E-state index contributed by atoms with van der Waals surface area (Å²) in [7, 11) is 0. The van der Waals surface area contributed by atoms with Crippen LogP contribution in [0.3, 0.4) is 0 Å². The number of nitrogens with one attached hydrogen (secondary N) is 1. The molecule has 0 aliphatic carbocycles. The Morgan fingerprint density at radius 2 is 1.94 bits per heavy atom. The van der Waals surface area contributed by atoms with E-state index in [4.69, 9.17) is 0 Å². The first-order valence-corrected chi connectivity index (χ1v) is 7.40. The molecule has 0 radical (unpaired) electrons. The molecule has 2 nitrogen and oxygen atoms in total. The predicted octanol–water partition coefficient (Wildman–Crippen LogP) is 3.64. The van der Waals surface area contributed by atoms with E-state index in [0.717, 1.165) is 19.5 Å². The summed E-state index contributed by atoms with van der Waals surface area (Å²) in [6, 6.07) is 0. The summed E-state index contributed by atoms with van der Waals surface area (Å²) in [6.45, 7) is 4.50. The second kappa shape index (κ2) is 9.79. The molecule has 0 aliphatic heterocycles. The molecule has 1 heterocycles. The van der Waals surface area contributed by atoms with Gasteiger partial charge >= 0.3 is 0 Å². The first-order chi connectivity index (χ1) is 7.93. The lowest BCUT2D eigenvalue weighted by Crippen LogP contribution is -2.18. The molecule has 0 bridgehead atoms. The van der Waals surface area contributed by atoms with Crippen molar-refractivity contribution in [1.82, 2.24) is 10.3 Å². The van der Waals surface area contributed by atoms with E-state index in [-0.39, 0.29) is 0 Å². The van der Waals surface area contributed by atoms with Crippen LogP contribution in [-0.4, -0.2) is 18.1 Å². The summed E-state index contributed by atoms with van der Waals surface area (Å²) in [6.07, 6.45) is 11.2. The highest BCUT2D eigenvalue weighted by molar-refractivity contribution is 7.09. The van der Waals surface area contributed by atoms with Gasteiger partial charge in [-0.2, -0.15) is 0 Å². The van der Waals surface area contributed by atoms with Crippen LogP contribution in [0.5, 0.6) is 0 Å². The van der Waals surface area contributed by atoms with Gasteiger partial charge in [-0.25, -0.2) is 4.98 Å². The highest BCUT2D eigenvalue weighted by Crippen LogP contribution is 2.05. The molecule has 0 saturated carbocycles. The Bertz CT molecular complexity index is 234. The standard InChI is InChI=1S/C13H24N2S/c1-2-3-4-5-6-7-9-14-10-8-13-15-11-12-16-13/h11-12,14H,2-10H2,1H3. The monoisotopic (exact) mass is 240 g/mol. The SMILES string of the molecule is CCCCCCCCNCCc1nccs1. The molecule has 16 heavy (non-hydrogen) atoms. The van der Waals surface area contributed by atoms with Gasteiger partial charge in [-0.1, -0.05) is 39.0 Å². The summed E-state index contributed by atoms with van der Waals surface area (Å²) in [5.74, 6) is 0. The summed E-state index contributed by atoms with van der Waals surface area (Å²) < 4.78 is 0. The van der Waals surface area contributed by atoms with E-state index in [1.54, 1.807) is 11.3 Å². The maximum atomic E-state index is 4.26. The quantitative estimate of drug-likeness (QED) is 0.632. The Kier molecular flexibility index (Phi) is 8.35. The number of hydrogen-bond donors (Lipinski definition) is 1. The third-order valence-corrected chi connectivity index (χ3v) is 3.55. The lowest BCUT2D eigenvalue weighted by atomic mass is 10.1. The van der Waals surface area contributed by atoms with Gasteiger partial charge in [0.05, 0.1) is 5.01 Å². The maximum absolute atomic E-state index is 4.26. The Balaban J connectivity index is 1.78. The molecule has 0 saturated heterocycles. The summed E-state index contributed by atoms with van der Waals surface area (Å²) >= 11 is 1.75. The summed E-state index contributed by atoms with van der Waals surface area (Å²) in [5.41, 5.74) is 0. The minimum atomic E-state index is 1.07. The van der Waals surface area contributed by atoms with E-state index in [2.05, 4.69) is 17.2 Å². The molecule has 0 unspecified atom stereocenters. The van der Waals surface area contributed by atoms with Crippen molar-refractivity contribution >= 4 is 11.3 Å². The van der Waals surface area contributed by atoms with Crippen molar-refractivity contribution in [3.63, 3.8) is 0 Å². The number of unbranched alkanes of at least 4 members (excludes halogenated alkanes) is 5. The summed E-state index contributed by atoms with van der Waals surface area (Å²) in [4.78, 5) is 4.26. The topological polar surface area (TPSA) is 24.9 Å². The van der Waals surface area contributed by atoms with E-state index in [9.17, 15) is 0 Å². The van der Waals surface area contributed by atoms with Crippen molar-refractivity contribution in [2.75, 3.05) is 13.1 Å². The Morgan fingerprint density at radius 1 is 1.12 bits per heavy atom. The Morgan fingerprint density at radius 3 is 2.69 bits per heavy atom. The lowest BCUT2D eigenvalue weighted by Gasteiger charge is -2.03. The van der Waals surface area contributed by atoms with Crippen LogP contribution in [0.4, 0.5) is 0 Å². The maximum Gasteiger partial charge on any atom is 0.0937 e. The third-order valence-electron chi connectivity index (χ3n) is 2.71. The smallest absolute Gasteiger partial charge is 0.0937 e. The zero-order valence-electron chi connectivity index (χ0n) is 10.4. The van der Waals surface area contributed by atoms with Gasteiger partial charge in [-0.15, -0.1) is 11.3 Å². The normalized spacial score (nSPS) is 10.8. The van der Waals surface area contributed by atoms with Gasteiger partial charge in [0.1, 0.15) is 0 Å². The van der Waals surface area contributed by atoms with Crippen LogP contribution in [0.25, 0.3) is 0 Å². The predicted molar refractivity (Wildman–Crippen MR) is 72.1 cm³/mol. The largest absolute Gasteiger partial charge is 0.316 e. The average molecular weight is 240 g/mol.